The predicted molar refractivity (Wildman–Crippen MR) is 64.6 cm³/mol. The Hall–Kier alpha value is -1.58. The van der Waals surface area contributed by atoms with Crippen LogP contribution >= 0.6 is 0 Å². The van der Waals surface area contributed by atoms with E-state index in [4.69, 9.17) is 4.74 Å². The van der Waals surface area contributed by atoms with Gasteiger partial charge in [-0.15, -0.1) is 0 Å². The van der Waals surface area contributed by atoms with Crippen molar-refractivity contribution in [3.05, 3.63) is 29.6 Å². The summed E-state index contributed by atoms with van der Waals surface area (Å²) in [4.78, 5) is 12.8. The molecule has 3 nitrogen and oxygen atoms in total. The number of rotatable bonds is 5. The summed E-state index contributed by atoms with van der Waals surface area (Å²) in [6.07, 6.45) is 1.08. The molecule has 0 bridgehead atoms. The van der Waals surface area contributed by atoms with Crippen molar-refractivity contribution in [2.24, 2.45) is 0 Å². The lowest BCUT2D eigenvalue weighted by atomic mass is 10.2. The minimum absolute atomic E-state index is 0.0737. The molecule has 0 saturated carbocycles. The van der Waals surface area contributed by atoms with Crippen molar-refractivity contribution in [2.75, 3.05) is 20.7 Å². The molecule has 94 valence electrons. The first kappa shape index (κ1) is 13.5. The third-order valence-electron chi connectivity index (χ3n) is 2.44. The van der Waals surface area contributed by atoms with Crippen LogP contribution in [-0.4, -0.2) is 31.5 Å². The largest absolute Gasteiger partial charge is 0.493 e. The van der Waals surface area contributed by atoms with Crippen LogP contribution in [0.15, 0.2) is 18.2 Å². The first-order chi connectivity index (χ1) is 8.00. The predicted octanol–water partition coefficient (Wildman–Crippen LogP) is 2.38. The summed E-state index contributed by atoms with van der Waals surface area (Å²) in [7, 11) is 3.44. The van der Waals surface area contributed by atoms with Crippen LogP contribution in [0.4, 0.5) is 4.39 Å². The quantitative estimate of drug-likeness (QED) is 0.738. The fraction of sp³-hybridized carbons (Fsp3) is 0.462. The van der Waals surface area contributed by atoms with Crippen LogP contribution in [0, 0.1) is 12.7 Å². The number of nitrogens with zero attached hydrogens (tertiary/aromatic N) is 1. The molecule has 0 atom stereocenters. The van der Waals surface area contributed by atoms with Crippen molar-refractivity contribution in [2.45, 2.75) is 19.8 Å². The van der Waals surface area contributed by atoms with Crippen LogP contribution in [-0.2, 0) is 4.79 Å². The number of hydrogen-bond donors (Lipinski definition) is 0. The standard InChI is InChI=1S/C13H18FNO2/c1-10-6-7-11(14)9-12(10)17-8-4-5-13(16)15(2)3/h6-7,9H,4-5,8H2,1-3H3. The van der Waals surface area contributed by atoms with E-state index in [9.17, 15) is 9.18 Å². The van der Waals surface area contributed by atoms with Gasteiger partial charge in [0.2, 0.25) is 5.91 Å². The van der Waals surface area contributed by atoms with Gasteiger partial charge in [0.15, 0.2) is 0 Å². The van der Waals surface area contributed by atoms with E-state index in [-0.39, 0.29) is 11.7 Å². The van der Waals surface area contributed by atoms with Crippen molar-refractivity contribution in [1.82, 2.24) is 4.90 Å². The second kappa shape index (κ2) is 6.23. The lowest BCUT2D eigenvalue weighted by molar-refractivity contribution is -0.128. The highest BCUT2D eigenvalue weighted by atomic mass is 19.1. The smallest absolute Gasteiger partial charge is 0.222 e. The zero-order valence-corrected chi connectivity index (χ0v) is 10.5. The Balaban J connectivity index is 2.36. The zero-order valence-electron chi connectivity index (χ0n) is 10.5. The SMILES string of the molecule is Cc1ccc(F)cc1OCCCC(=O)N(C)C. The second-order valence-corrected chi connectivity index (χ2v) is 4.15. The second-order valence-electron chi connectivity index (χ2n) is 4.15. The van der Waals surface area contributed by atoms with Gasteiger partial charge in [-0.1, -0.05) is 6.07 Å². The number of hydrogen-bond acceptors (Lipinski definition) is 2. The van der Waals surface area contributed by atoms with Gasteiger partial charge in [-0.25, -0.2) is 4.39 Å². The first-order valence-electron chi connectivity index (χ1n) is 5.60. The molecular weight excluding hydrogens is 221 g/mol. The number of halogens is 1. The summed E-state index contributed by atoms with van der Waals surface area (Å²) in [5, 5.41) is 0. The molecule has 0 fully saturated rings. The van der Waals surface area contributed by atoms with Crippen molar-refractivity contribution in [3.63, 3.8) is 0 Å². The Bertz CT molecular complexity index is 391. The highest BCUT2D eigenvalue weighted by Crippen LogP contribution is 2.18. The molecule has 1 aromatic carbocycles. The zero-order chi connectivity index (χ0) is 12.8. The fourth-order valence-corrected chi connectivity index (χ4v) is 1.36. The molecule has 1 aromatic rings. The lowest BCUT2D eigenvalue weighted by Gasteiger charge is -2.11. The van der Waals surface area contributed by atoms with Crippen molar-refractivity contribution < 1.29 is 13.9 Å². The number of carbonyl (C=O) groups is 1. The summed E-state index contributed by atoms with van der Waals surface area (Å²) < 4.78 is 18.4. The van der Waals surface area contributed by atoms with E-state index in [0.717, 1.165) is 5.56 Å². The number of ether oxygens (including phenoxy) is 1. The van der Waals surface area contributed by atoms with Crippen LogP contribution in [0.5, 0.6) is 5.75 Å². The molecule has 1 amide bonds. The summed E-state index contributed by atoms with van der Waals surface area (Å²) in [5.41, 5.74) is 0.894. The summed E-state index contributed by atoms with van der Waals surface area (Å²) >= 11 is 0. The average Bonchev–Trinajstić information content (AvgIpc) is 2.28. The summed E-state index contributed by atoms with van der Waals surface area (Å²) in [6.45, 7) is 2.28. The van der Waals surface area contributed by atoms with Crippen LogP contribution in [0.1, 0.15) is 18.4 Å². The van der Waals surface area contributed by atoms with Gasteiger partial charge in [-0.3, -0.25) is 4.79 Å². The van der Waals surface area contributed by atoms with Gasteiger partial charge in [-0.05, 0) is 25.0 Å². The minimum atomic E-state index is -0.310. The van der Waals surface area contributed by atoms with E-state index in [2.05, 4.69) is 0 Å². The molecule has 17 heavy (non-hydrogen) atoms. The van der Waals surface area contributed by atoms with Crippen molar-refractivity contribution >= 4 is 5.91 Å². The van der Waals surface area contributed by atoms with Gasteiger partial charge in [0.05, 0.1) is 6.61 Å². The van der Waals surface area contributed by atoms with E-state index in [0.29, 0.717) is 25.2 Å². The number of aryl methyl sites for hydroxylation is 1. The maximum absolute atomic E-state index is 12.9. The van der Waals surface area contributed by atoms with Gasteiger partial charge in [0.1, 0.15) is 11.6 Å². The Morgan fingerprint density at radius 1 is 1.41 bits per heavy atom. The van der Waals surface area contributed by atoms with E-state index in [1.54, 1.807) is 25.1 Å². The average molecular weight is 239 g/mol. The Labute approximate surface area is 101 Å². The summed E-state index contributed by atoms with van der Waals surface area (Å²) in [5.74, 6) is 0.307. The Kier molecular flexibility index (Phi) is 4.94. The minimum Gasteiger partial charge on any atom is -0.493 e. The Morgan fingerprint density at radius 2 is 2.12 bits per heavy atom. The Morgan fingerprint density at radius 3 is 2.76 bits per heavy atom. The van der Waals surface area contributed by atoms with Gasteiger partial charge < -0.3 is 9.64 Å². The highest BCUT2D eigenvalue weighted by molar-refractivity contribution is 5.75. The molecule has 0 aliphatic carbocycles. The normalized spacial score (nSPS) is 10.1. The van der Waals surface area contributed by atoms with Crippen LogP contribution in [0.25, 0.3) is 0 Å². The van der Waals surface area contributed by atoms with Gasteiger partial charge >= 0.3 is 0 Å². The van der Waals surface area contributed by atoms with Gasteiger partial charge in [0.25, 0.3) is 0 Å². The molecule has 1 rings (SSSR count). The van der Waals surface area contributed by atoms with Gasteiger partial charge in [-0.2, -0.15) is 0 Å². The number of benzene rings is 1. The number of carbonyl (C=O) groups excluding carboxylic acids is 1. The summed E-state index contributed by atoms with van der Waals surface area (Å²) in [6, 6.07) is 4.44. The number of amides is 1. The molecule has 0 radical (unpaired) electrons. The molecule has 0 aliphatic rings. The molecule has 4 heteroatoms. The molecule has 0 unspecified atom stereocenters. The maximum atomic E-state index is 12.9. The lowest BCUT2D eigenvalue weighted by Crippen LogP contribution is -2.21. The van der Waals surface area contributed by atoms with Crippen LogP contribution in [0.3, 0.4) is 0 Å². The first-order valence-corrected chi connectivity index (χ1v) is 5.60. The van der Waals surface area contributed by atoms with E-state index >= 15 is 0 Å². The van der Waals surface area contributed by atoms with Crippen LogP contribution < -0.4 is 4.74 Å². The van der Waals surface area contributed by atoms with E-state index in [1.165, 1.54) is 12.1 Å². The molecule has 0 aliphatic heterocycles. The monoisotopic (exact) mass is 239 g/mol. The third kappa shape index (κ3) is 4.43. The van der Waals surface area contributed by atoms with Crippen molar-refractivity contribution in [3.8, 4) is 5.75 Å². The van der Waals surface area contributed by atoms with E-state index < -0.39 is 0 Å². The third-order valence-corrected chi connectivity index (χ3v) is 2.44. The molecule has 0 spiro atoms. The topological polar surface area (TPSA) is 29.5 Å². The molecular formula is C13H18FNO2. The molecule has 0 aromatic heterocycles. The fourth-order valence-electron chi connectivity index (χ4n) is 1.36. The van der Waals surface area contributed by atoms with Crippen molar-refractivity contribution in [1.29, 1.82) is 0 Å². The highest BCUT2D eigenvalue weighted by Gasteiger charge is 2.05. The van der Waals surface area contributed by atoms with Crippen LogP contribution in [0.2, 0.25) is 0 Å². The van der Waals surface area contributed by atoms with Gasteiger partial charge in [0, 0.05) is 26.6 Å². The molecule has 0 saturated heterocycles. The maximum Gasteiger partial charge on any atom is 0.222 e. The molecule has 0 heterocycles. The van der Waals surface area contributed by atoms with E-state index in [1.807, 2.05) is 6.92 Å². The molecule has 0 N–H and O–H groups in total.